The second kappa shape index (κ2) is 4.48. The second-order valence-corrected chi connectivity index (χ2v) is 5.61. The topological polar surface area (TPSA) is 46.2 Å². The van der Waals surface area contributed by atoms with Crippen LogP contribution >= 0.6 is 0 Å². The highest BCUT2D eigenvalue weighted by Crippen LogP contribution is 2.41. The van der Waals surface area contributed by atoms with E-state index in [1.54, 1.807) is 13.8 Å². The number of nitrogens with one attached hydrogen (secondary N) is 1. The molecule has 2 aliphatic rings. The van der Waals surface area contributed by atoms with Gasteiger partial charge < -0.3 is 5.32 Å². The number of anilines is 1. The Bertz CT molecular complexity index is 552. The summed E-state index contributed by atoms with van der Waals surface area (Å²) >= 11 is 0. The molecule has 0 unspecified atom stereocenters. The lowest BCUT2D eigenvalue weighted by molar-refractivity contribution is -0.114. The maximum atomic E-state index is 12.0. The first-order valence-corrected chi connectivity index (χ1v) is 7.07. The molecule has 100 valence electrons. The maximum Gasteiger partial charge on any atom is 0.221 e. The van der Waals surface area contributed by atoms with Crippen molar-refractivity contribution in [1.29, 1.82) is 0 Å². The highest BCUT2D eigenvalue weighted by atomic mass is 16.1. The highest BCUT2D eigenvalue weighted by Gasteiger charge is 2.30. The van der Waals surface area contributed by atoms with Crippen molar-refractivity contribution in [3.05, 3.63) is 27.8 Å². The fourth-order valence-corrected chi connectivity index (χ4v) is 3.71. The third-order valence-corrected chi connectivity index (χ3v) is 4.30. The number of amides is 1. The summed E-state index contributed by atoms with van der Waals surface area (Å²) in [6.45, 7) is 3.23. The Morgan fingerprint density at radius 3 is 1.74 bits per heavy atom. The molecule has 1 amide bonds. The minimum atomic E-state index is -0.0150. The summed E-state index contributed by atoms with van der Waals surface area (Å²) in [5.74, 6) is 0.171. The van der Waals surface area contributed by atoms with E-state index < -0.39 is 0 Å². The minimum absolute atomic E-state index is 0.0150. The molecule has 0 aliphatic heterocycles. The Kier molecular flexibility index (Phi) is 2.92. The van der Waals surface area contributed by atoms with Crippen molar-refractivity contribution in [2.24, 2.45) is 0 Å². The third kappa shape index (κ3) is 1.88. The number of carbonyl (C=O) groups excluding carboxylic acids is 2. The van der Waals surface area contributed by atoms with E-state index in [1.807, 2.05) is 0 Å². The van der Waals surface area contributed by atoms with Gasteiger partial charge in [-0.3, -0.25) is 9.59 Å². The molecule has 0 atom stereocenters. The van der Waals surface area contributed by atoms with Crippen molar-refractivity contribution in [2.45, 2.75) is 52.4 Å². The van der Waals surface area contributed by atoms with Crippen LogP contribution in [0.4, 0.5) is 5.69 Å². The lowest BCUT2D eigenvalue weighted by Crippen LogP contribution is -2.14. The number of Topliss-reactive ketones (excluding diaryl/α,β-unsaturated/α-hetero) is 1. The van der Waals surface area contributed by atoms with Gasteiger partial charge in [0, 0.05) is 18.2 Å². The molecular formula is C16H19NO2. The number of benzene rings is 1. The van der Waals surface area contributed by atoms with Crippen LogP contribution in [0.5, 0.6) is 0 Å². The van der Waals surface area contributed by atoms with Gasteiger partial charge in [0.15, 0.2) is 5.78 Å². The molecule has 3 nitrogen and oxygen atoms in total. The first-order chi connectivity index (χ1) is 9.09. The Morgan fingerprint density at radius 2 is 1.32 bits per heavy atom. The van der Waals surface area contributed by atoms with Gasteiger partial charge in [-0.2, -0.15) is 0 Å². The number of hydrogen-bond donors (Lipinski definition) is 1. The zero-order valence-corrected chi connectivity index (χ0v) is 11.6. The summed E-state index contributed by atoms with van der Waals surface area (Å²) in [5, 5.41) is 3.02. The Morgan fingerprint density at radius 1 is 0.842 bits per heavy atom. The van der Waals surface area contributed by atoms with Crippen molar-refractivity contribution in [3.63, 3.8) is 0 Å². The molecule has 0 bridgehead atoms. The first kappa shape index (κ1) is 12.4. The molecule has 0 spiro atoms. The van der Waals surface area contributed by atoms with E-state index in [4.69, 9.17) is 0 Å². The lowest BCUT2D eigenvalue weighted by Gasteiger charge is -2.18. The molecule has 0 saturated heterocycles. The molecule has 3 rings (SSSR count). The third-order valence-electron chi connectivity index (χ3n) is 4.30. The van der Waals surface area contributed by atoms with Crippen molar-refractivity contribution in [2.75, 3.05) is 5.32 Å². The van der Waals surface area contributed by atoms with Gasteiger partial charge in [0.25, 0.3) is 0 Å². The Hall–Kier alpha value is -1.64. The molecule has 0 saturated carbocycles. The second-order valence-electron chi connectivity index (χ2n) is 5.61. The molecule has 1 aromatic carbocycles. The van der Waals surface area contributed by atoms with Crippen LogP contribution < -0.4 is 5.32 Å². The molecule has 1 aromatic rings. The van der Waals surface area contributed by atoms with E-state index in [1.165, 1.54) is 22.3 Å². The monoisotopic (exact) mass is 257 g/mol. The SMILES string of the molecule is CC(=O)Nc1c2c(c(C(C)=O)c3c1CCC3)CCC2. The average Bonchev–Trinajstić information content (AvgIpc) is 2.95. The molecular weight excluding hydrogens is 238 g/mol. The zero-order chi connectivity index (χ0) is 13.6. The van der Waals surface area contributed by atoms with Gasteiger partial charge in [-0.15, -0.1) is 0 Å². The van der Waals surface area contributed by atoms with Crippen molar-refractivity contribution in [3.8, 4) is 0 Å². The Balaban J connectivity index is 2.28. The summed E-state index contributed by atoms with van der Waals surface area (Å²) in [5.41, 5.74) is 6.85. The van der Waals surface area contributed by atoms with Gasteiger partial charge in [0.05, 0.1) is 0 Å². The summed E-state index contributed by atoms with van der Waals surface area (Å²) in [7, 11) is 0. The molecule has 1 N–H and O–H groups in total. The molecule has 19 heavy (non-hydrogen) atoms. The van der Waals surface area contributed by atoms with Gasteiger partial charge >= 0.3 is 0 Å². The normalized spacial score (nSPS) is 16.1. The van der Waals surface area contributed by atoms with Crippen LogP contribution in [0.3, 0.4) is 0 Å². The summed E-state index contributed by atoms with van der Waals surface area (Å²) in [4.78, 5) is 23.5. The lowest BCUT2D eigenvalue weighted by atomic mass is 9.90. The predicted octanol–water partition coefficient (Wildman–Crippen LogP) is 2.83. The number of rotatable bonds is 2. The van der Waals surface area contributed by atoms with Crippen LogP contribution in [0, 0.1) is 0 Å². The molecule has 0 heterocycles. The van der Waals surface area contributed by atoms with Gasteiger partial charge in [0.2, 0.25) is 5.91 Å². The van der Waals surface area contributed by atoms with E-state index in [9.17, 15) is 9.59 Å². The smallest absolute Gasteiger partial charge is 0.221 e. The average molecular weight is 257 g/mol. The molecule has 0 radical (unpaired) electrons. The highest BCUT2D eigenvalue weighted by molar-refractivity contribution is 6.01. The summed E-state index contributed by atoms with van der Waals surface area (Å²) in [6, 6.07) is 0. The molecule has 0 fully saturated rings. The standard InChI is InChI=1S/C16H19NO2/c1-9(18)15-11-5-3-7-13(11)16(17-10(2)19)14-8-4-6-12(14)15/h3-8H2,1-2H3,(H,17,19). The quantitative estimate of drug-likeness (QED) is 0.828. The van der Waals surface area contributed by atoms with Gasteiger partial charge in [-0.25, -0.2) is 0 Å². The van der Waals surface area contributed by atoms with Crippen molar-refractivity contribution in [1.82, 2.24) is 0 Å². The van der Waals surface area contributed by atoms with Crippen LogP contribution in [0.2, 0.25) is 0 Å². The van der Waals surface area contributed by atoms with Crippen LogP contribution in [0.1, 0.15) is 59.3 Å². The van der Waals surface area contributed by atoms with E-state index in [2.05, 4.69) is 5.32 Å². The van der Waals surface area contributed by atoms with E-state index >= 15 is 0 Å². The van der Waals surface area contributed by atoms with Crippen LogP contribution in [-0.2, 0) is 30.5 Å². The number of carbonyl (C=O) groups is 2. The first-order valence-electron chi connectivity index (χ1n) is 7.07. The molecule has 2 aliphatic carbocycles. The summed E-state index contributed by atoms with van der Waals surface area (Å²) < 4.78 is 0. The van der Waals surface area contributed by atoms with Crippen molar-refractivity contribution < 1.29 is 9.59 Å². The largest absolute Gasteiger partial charge is 0.326 e. The van der Waals surface area contributed by atoms with Crippen LogP contribution in [-0.4, -0.2) is 11.7 Å². The van der Waals surface area contributed by atoms with E-state index in [-0.39, 0.29) is 11.7 Å². The summed E-state index contributed by atoms with van der Waals surface area (Å²) in [6.07, 6.45) is 6.10. The zero-order valence-electron chi connectivity index (χ0n) is 11.6. The van der Waals surface area contributed by atoms with Crippen LogP contribution in [0.25, 0.3) is 0 Å². The number of fused-ring (bicyclic) bond motifs is 2. The van der Waals surface area contributed by atoms with Gasteiger partial charge in [0.1, 0.15) is 0 Å². The van der Waals surface area contributed by atoms with E-state index in [0.29, 0.717) is 0 Å². The number of hydrogen-bond acceptors (Lipinski definition) is 2. The van der Waals surface area contributed by atoms with Gasteiger partial charge in [-0.1, -0.05) is 0 Å². The molecule has 3 heteroatoms. The number of ketones is 1. The van der Waals surface area contributed by atoms with Crippen molar-refractivity contribution >= 4 is 17.4 Å². The minimum Gasteiger partial charge on any atom is -0.326 e. The van der Waals surface area contributed by atoms with E-state index in [0.717, 1.165) is 49.8 Å². The Labute approximate surface area is 113 Å². The fraction of sp³-hybridized carbons (Fsp3) is 0.500. The fourth-order valence-electron chi connectivity index (χ4n) is 3.71. The van der Waals surface area contributed by atoms with Crippen LogP contribution in [0.15, 0.2) is 0 Å². The van der Waals surface area contributed by atoms with Gasteiger partial charge in [-0.05, 0) is 67.7 Å². The maximum absolute atomic E-state index is 12.0. The predicted molar refractivity (Wildman–Crippen MR) is 74.8 cm³/mol. The molecule has 0 aromatic heterocycles.